The lowest BCUT2D eigenvalue weighted by Gasteiger charge is -1.96. The predicted molar refractivity (Wildman–Crippen MR) is 62.0 cm³/mol. The van der Waals surface area contributed by atoms with E-state index in [1.165, 1.54) is 18.2 Å². The summed E-state index contributed by atoms with van der Waals surface area (Å²) in [5.41, 5.74) is 0.678. The molecule has 0 fully saturated rings. The first-order valence-corrected chi connectivity index (χ1v) is 5.36. The standard InChI is InChI=1S/C12H10N2O5/c1-8-4-9(13-18-8)2-3-12(16)17-7-11-5-10(6-15)14-19-11/h2-6H,7H2,1H3. The van der Waals surface area contributed by atoms with Gasteiger partial charge in [-0.3, -0.25) is 4.79 Å². The summed E-state index contributed by atoms with van der Waals surface area (Å²) < 4.78 is 14.5. The van der Waals surface area contributed by atoms with Crippen LogP contribution < -0.4 is 0 Å². The van der Waals surface area contributed by atoms with E-state index in [-0.39, 0.29) is 12.3 Å². The van der Waals surface area contributed by atoms with Gasteiger partial charge < -0.3 is 13.8 Å². The largest absolute Gasteiger partial charge is 0.454 e. The molecule has 98 valence electrons. The van der Waals surface area contributed by atoms with E-state index in [1.807, 2.05) is 0 Å². The molecule has 0 atom stereocenters. The summed E-state index contributed by atoms with van der Waals surface area (Å²) in [4.78, 5) is 21.7. The van der Waals surface area contributed by atoms with Crippen molar-refractivity contribution in [3.63, 3.8) is 0 Å². The molecule has 2 aromatic rings. The van der Waals surface area contributed by atoms with Gasteiger partial charge >= 0.3 is 5.97 Å². The summed E-state index contributed by atoms with van der Waals surface area (Å²) in [6.45, 7) is 1.65. The van der Waals surface area contributed by atoms with Crippen LogP contribution in [0.4, 0.5) is 0 Å². The van der Waals surface area contributed by atoms with Gasteiger partial charge in [0.25, 0.3) is 0 Å². The first-order valence-electron chi connectivity index (χ1n) is 5.36. The second-order valence-corrected chi connectivity index (χ2v) is 3.64. The van der Waals surface area contributed by atoms with Crippen molar-refractivity contribution < 1.29 is 23.4 Å². The van der Waals surface area contributed by atoms with Crippen LogP contribution in [0.25, 0.3) is 6.08 Å². The number of aldehydes is 1. The van der Waals surface area contributed by atoms with Gasteiger partial charge in [-0.2, -0.15) is 0 Å². The Kier molecular flexibility index (Phi) is 3.87. The molecule has 0 unspecified atom stereocenters. The Morgan fingerprint density at radius 3 is 2.74 bits per heavy atom. The quantitative estimate of drug-likeness (QED) is 0.458. The average molecular weight is 262 g/mol. The van der Waals surface area contributed by atoms with Crippen molar-refractivity contribution in [3.8, 4) is 0 Å². The molecule has 0 bridgehead atoms. The molecule has 0 aliphatic heterocycles. The third kappa shape index (κ3) is 3.63. The molecule has 7 heteroatoms. The molecule has 0 aliphatic carbocycles. The molecule has 2 rings (SSSR count). The van der Waals surface area contributed by atoms with Crippen molar-refractivity contribution in [2.24, 2.45) is 0 Å². The summed E-state index contributed by atoms with van der Waals surface area (Å²) >= 11 is 0. The minimum absolute atomic E-state index is 0.0954. The van der Waals surface area contributed by atoms with Gasteiger partial charge in [-0.1, -0.05) is 10.3 Å². The highest BCUT2D eigenvalue weighted by molar-refractivity contribution is 5.86. The zero-order valence-electron chi connectivity index (χ0n) is 10.0. The normalized spacial score (nSPS) is 10.8. The van der Waals surface area contributed by atoms with E-state index in [2.05, 4.69) is 10.3 Å². The molecule has 2 heterocycles. The average Bonchev–Trinajstić information content (AvgIpc) is 3.02. The molecule has 7 nitrogen and oxygen atoms in total. The lowest BCUT2D eigenvalue weighted by atomic mass is 10.3. The van der Waals surface area contributed by atoms with Gasteiger partial charge in [0.05, 0.1) is 0 Å². The van der Waals surface area contributed by atoms with Crippen LogP contribution in [0.15, 0.2) is 27.3 Å². The van der Waals surface area contributed by atoms with Crippen LogP contribution in [-0.4, -0.2) is 22.6 Å². The Balaban J connectivity index is 1.84. The maximum absolute atomic E-state index is 11.4. The van der Waals surface area contributed by atoms with Crippen molar-refractivity contribution in [2.45, 2.75) is 13.5 Å². The molecule has 0 spiro atoms. The molecule has 0 aromatic carbocycles. The maximum atomic E-state index is 11.4. The summed E-state index contributed by atoms with van der Waals surface area (Å²) in [6, 6.07) is 3.07. The van der Waals surface area contributed by atoms with Crippen LogP contribution in [0, 0.1) is 6.92 Å². The predicted octanol–water partition coefficient (Wildman–Crippen LogP) is 1.54. The number of carbonyl (C=O) groups is 2. The van der Waals surface area contributed by atoms with E-state index in [0.29, 0.717) is 23.5 Å². The molecule has 0 saturated carbocycles. The summed E-state index contributed by atoms with van der Waals surface area (Å²) in [5.74, 6) is 0.377. The fourth-order valence-corrected chi connectivity index (χ4v) is 1.26. The monoisotopic (exact) mass is 262 g/mol. The number of rotatable bonds is 5. The van der Waals surface area contributed by atoms with Gasteiger partial charge in [0.15, 0.2) is 18.7 Å². The fourth-order valence-electron chi connectivity index (χ4n) is 1.26. The van der Waals surface area contributed by atoms with Gasteiger partial charge in [0, 0.05) is 18.2 Å². The minimum Gasteiger partial charge on any atom is -0.454 e. The van der Waals surface area contributed by atoms with E-state index in [4.69, 9.17) is 13.8 Å². The SMILES string of the molecule is Cc1cc(C=CC(=O)OCc2cc(C=O)no2)no1. The molecule has 0 N–H and O–H groups in total. The number of hydrogen-bond acceptors (Lipinski definition) is 7. The second kappa shape index (κ2) is 5.76. The Labute approximate surface area is 107 Å². The Morgan fingerprint density at radius 1 is 1.32 bits per heavy atom. The second-order valence-electron chi connectivity index (χ2n) is 3.64. The van der Waals surface area contributed by atoms with Gasteiger partial charge in [-0.05, 0) is 13.0 Å². The Hall–Kier alpha value is -2.70. The van der Waals surface area contributed by atoms with Crippen molar-refractivity contribution in [1.82, 2.24) is 10.3 Å². The number of ether oxygens (including phenoxy) is 1. The van der Waals surface area contributed by atoms with Crippen LogP contribution >= 0.6 is 0 Å². The van der Waals surface area contributed by atoms with Crippen molar-refractivity contribution in [3.05, 3.63) is 41.1 Å². The lowest BCUT2D eigenvalue weighted by Crippen LogP contribution is -1.99. The van der Waals surface area contributed by atoms with E-state index < -0.39 is 5.97 Å². The fraction of sp³-hybridized carbons (Fsp3) is 0.167. The van der Waals surface area contributed by atoms with Crippen LogP contribution in [-0.2, 0) is 16.1 Å². The third-order valence-electron chi connectivity index (χ3n) is 2.09. The minimum atomic E-state index is -0.565. The third-order valence-corrected chi connectivity index (χ3v) is 2.09. The Bertz CT molecular complexity index is 611. The van der Waals surface area contributed by atoms with Crippen LogP contribution in [0.2, 0.25) is 0 Å². The van der Waals surface area contributed by atoms with Crippen LogP contribution in [0.5, 0.6) is 0 Å². The molecule has 19 heavy (non-hydrogen) atoms. The molecular formula is C12H10N2O5. The topological polar surface area (TPSA) is 95.4 Å². The molecule has 2 aromatic heterocycles. The molecule has 0 aliphatic rings. The van der Waals surface area contributed by atoms with Gasteiger partial charge in [0.1, 0.15) is 17.1 Å². The van der Waals surface area contributed by atoms with E-state index in [0.717, 1.165) is 0 Å². The first kappa shape index (κ1) is 12.7. The van der Waals surface area contributed by atoms with E-state index in [1.54, 1.807) is 13.0 Å². The van der Waals surface area contributed by atoms with E-state index in [9.17, 15) is 9.59 Å². The summed E-state index contributed by atoms with van der Waals surface area (Å²) in [7, 11) is 0. The maximum Gasteiger partial charge on any atom is 0.331 e. The van der Waals surface area contributed by atoms with Crippen molar-refractivity contribution in [2.75, 3.05) is 0 Å². The first-order chi connectivity index (χ1) is 9.17. The highest BCUT2D eigenvalue weighted by Gasteiger charge is 2.05. The molecular weight excluding hydrogens is 252 g/mol. The summed E-state index contributed by atoms with van der Waals surface area (Å²) in [6.07, 6.45) is 3.23. The molecule has 0 radical (unpaired) electrons. The number of carbonyl (C=O) groups excluding carboxylic acids is 2. The van der Waals surface area contributed by atoms with E-state index >= 15 is 0 Å². The zero-order chi connectivity index (χ0) is 13.7. The molecule has 0 saturated heterocycles. The van der Waals surface area contributed by atoms with Gasteiger partial charge in [-0.15, -0.1) is 0 Å². The smallest absolute Gasteiger partial charge is 0.331 e. The lowest BCUT2D eigenvalue weighted by molar-refractivity contribution is -0.139. The number of aromatic nitrogens is 2. The number of hydrogen-bond donors (Lipinski definition) is 0. The van der Waals surface area contributed by atoms with Gasteiger partial charge in [-0.25, -0.2) is 4.79 Å². The highest BCUT2D eigenvalue weighted by Crippen LogP contribution is 2.05. The number of aryl methyl sites for hydroxylation is 1. The van der Waals surface area contributed by atoms with Crippen LogP contribution in [0.3, 0.4) is 0 Å². The van der Waals surface area contributed by atoms with Crippen molar-refractivity contribution in [1.29, 1.82) is 0 Å². The molecule has 0 amide bonds. The Morgan fingerprint density at radius 2 is 2.11 bits per heavy atom. The summed E-state index contributed by atoms with van der Waals surface area (Å²) in [5, 5.41) is 7.12. The highest BCUT2D eigenvalue weighted by atomic mass is 16.5. The number of esters is 1. The van der Waals surface area contributed by atoms with Gasteiger partial charge in [0.2, 0.25) is 0 Å². The van der Waals surface area contributed by atoms with Crippen LogP contribution in [0.1, 0.15) is 27.7 Å². The number of nitrogens with zero attached hydrogens (tertiary/aromatic N) is 2. The zero-order valence-corrected chi connectivity index (χ0v) is 10.0. The van der Waals surface area contributed by atoms with Crippen molar-refractivity contribution >= 4 is 18.3 Å².